The van der Waals surface area contributed by atoms with E-state index in [1.807, 2.05) is 48.7 Å². The highest BCUT2D eigenvalue weighted by molar-refractivity contribution is 6.31. The predicted octanol–water partition coefficient (Wildman–Crippen LogP) is 5.05. The first kappa shape index (κ1) is 13.2. The Kier molecular flexibility index (Phi) is 3.01. The summed E-state index contributed by atoms with van der Waals surface area (Å²) in [6.45, 7) is 0. The van der Waals surface area contributed by atoms with Gasteiger partial charge < -0.3 is 9.72 Å². The molecule has 0 unspecified atom stereocenters. The number of fused-ring (bicyclic) bond motifs is 2. The first-order chi connectivity index (χ1) is 10.7. The molecule has 2 aromatic heterocycles. The van der Waals surface area contributed by atoms with Crippen molar-refractivity contribution in [1.29, 1.82) is 0 Å². The van der Waals surface area contributed by atoms with Gasteiger partial charge in [-0.05, 0) is 36.4 Å². The third kappa shape index (κ3) is 2.11. The van der Waals surface area contributed by atoms with Crippen molar-refractivity contribution in [3.63, 3.8) is 0 Å². The monoisotopic (exact) mass is 308 g/mol. The summed E-state index contributed by atoms with van der Waals surface area (Å²) in [5.41, 5.74) is 3.97. The van der Waals surface area contributed by atoms with Crippen LogP contribution in [-0.4, -0.2) is 17.1 Å². The second-order valence-corrected chi connectivity index (χ2v) is 5.58. The highest BCUT2D eigenvalue weighted by Crippen LogP contribution is 2.30. The number of benzene rings is 2. The molecular formula is C18H13ClN2O. The Balaban J connectivity index is 1.89. The van der Waals surface area contributed by atoms with Gasteiger partial charge in [0.2, 0.25) is 0 Å². The molecule has 108 valence electrons. The lowest BCUT2D eigenvalue weighted by molar-refractivity contribution is 0.415. The topological polar surface area (TPSA) is 37.9 Å². The smallest absolute Gasteiger partial charge is 0.119 e. The fraction of sp³-hybridized carbons (Fsp3) is 0.0556. The van der Waals surface area contributed by atoms with E-state index >= 15 is 0 Å². The number of aromatic nitrogens is 2. The standard InChI is InChI=1S/C18H13ClN2O/c1-22-13-4-7-16-11(8-13)2-6-17(21-16)15-10-20-18-9-12(19)3-5-14(15)18/h2-10,20H,1H3. The number of aromatic amines is 1. The summed E-state index contributed by atoms with van der Waals surface area (Å²) >= 11 is 6.03. The Bertz CT molecular complexity index is 991. The third-order valence-corrected chi connectivity index (χ3v) is 4.05. The SMILES string of the molecule is COc1ccc2nc(-c3c[nH]c4cc(Cl)ccc34)ccc2c1. The molecule has 4 heteroatoms. The number of nitrogens with zero attached hydrogens (tertiary/aromatic N) is 1. The summed E-state index contributed by atoms with van der Waals surface area (Å²) in [5, 5.41) is 2.90. The molecule has 0 aliphatic heterocycles. The van der Waals surface area contributed by atoms with Crippen molar-refractivity contribution < 1.29 is 4.74 Å². The van der Waals surface area contributed by atoms with Gasteiger partial charge in [-0.3, -0.25) is 0 Å². The molecule has 0 aliphatic rings. The van der Waals surface area contributed by atoms with Crippen molar-refractivity contribution in [1.82, 2.24) is 9.97 Å². The van der Waals surface area contributed by atoms with E-state index in [1.165, 1.54) is 0 Å². The highest BCUT2D eigenvalue weighted by atomic mass is 35.5. The molecule has 22 heavy (non-hydrogen) atoms. The highest BCUT2D eigenvalue weighted by Gasteiger charge is 2.09. The van der Waals surface area contributed by atoms with Crippen LogP contribution >= 0.6 is 11.6 Å². The minimum absolute atomic E-state index is 0.722. The number of ether oxygens (including phenoxy) is 1. The molecule has 0 atom stereocenters. The van der Waals surface area contributed by atoms with Crippen LogP contribution in [0.25, 0.3) is 33.1 Å². The van der Waals surface area contributed by atoms with E-state index in [9.17, 15) is 0 Å². The van der Waals surface area contributed by atoms with Crippen LogP contribution in [0.15, 0.2) is 54.7 Å². The molecule has 0 radical (unpaired) electrons. The molecular weight excluding hydrogens is 296 g/mol. The summed E-state index contributed by atoms with van der Waals surface area (Å²) < 4.78 is 5.25. The molecule has 3 nitrogen and oxygen atoms in total. The fourth-order valence-electron chi connectivity index (χ4n) is 2.69. The number of H-pyrrole nitrogens is 1. The van der Waals surface area contributed by atoms with Gasteiger partial charge in [-0.25, -0.2) is 4.98 Å². The molecule has 2 aromatic carbocycles. The number of nitrogens with one attached hydrogen (secondary N) is 1. The fourth-order valence-corrected chi connectivity index (χ4v) is 2.86. The molecule has 0 aliphatic carbocycles. The van der Waals surface area contributed by atoms with Gasteiger partial charge in [0.1, 0.15) is 5.75 Å². The molecule has 4 aromatic rings. The molecule has 0 amide bonds. The number of pyridine rings is 1. The quantitative estimate of drug-likeness (QED) is 0.563. The van der Waals surface area contributed by atoms with Gasteiger partial charge in [0, 0.05) is 33.1 Å². The molecule has 0 fully saturated rings. The second-order valence-electron chi connectivity index (χ2n) is 5.15. The molecule has 4 rings (SSSR count). The maximum absolute atomic E-state index is 6.03. The number of methoxy groups -OCH3 is 1. The Labute approximate surface area is 132 Å². The van der Waals surface area contributed by atoms with Gasteiger partial charge in [0.25, 0.3) is 0 Å². The minimum Gasteiger partial charge on any atom is -0.497 e. The van der Waals surface area contributed by atoms with Gasteiger partial charge in [-0.2, -0.15) is 0 Å². The van der Waals surface area contributed by atoms with Crippen LogP contribution in [0.4, 0.5) is 0 Å². The lowest BCUT2D eigenvalue weighted by Crippen LogP contribution is -1.86. The van der Waals surface area contributed by atoms with E-state index in [0.717, 1.165) is 43.8 Å². The number of rotatable bonds is 2. The van der Waals surface area contributed by atoms with E-state index in [-0.39, 0.29) is 0 Å². The van der Waals surface area contributed by atoms with Crippen LogP contribution in [0, 0.1) is 0 Å². The van der Waals surface area contributed by atoms with Crippen molar-refractivity contribution in [2.24, 2.45) is 0 Å². The Morgan fingerprint density at radius 3 is 2.82 bits per heavy atom. The van der Waals surface area contributed by atoms with E-state index in [0.29, 0.717) is 0 Å². The molecule has 0 bridgehead atoms. The van der Waals surface area contributed by atoms with Crippen LogP contribution < -0.4 is 4.74 Å². The van der Waals surface area contributed by atoms with Crippen LogP contribution in [-0.2, 0) is 0 Å². The van der Waals surface area contributed by atoms with Gasteiger partial charge in [0.15, 0.2) is 0 Å². The van der Waals surface area contributed by atoms with Crippen molar-refractivity contribution in [2.45, 2.75) is 0 Å². The summed E-state index contributed by atoms with van der Waals surface area (Å²) in [6, 6.07) is 15.8. The third-order valence-electron chi connectivity index (χ3n) is 3.82. The normalized spacial score (nSPS) is 11.2. The summed E-state index contributed by atoms with van der Waals surface area (Å²) in [7, 11) is 1.67. The molecule has 0 spiro atoms. The van der Waals surface area contributed by atoms with Crippen molar-refractivity contribution in [3.05, 3.63) is 59.8 Å². The zero-order chi connectivity index (χ0) is 15.1. The first-order valence-corrected chi connectivity index (χ1v) is 7.34. The van der Waals surface area contributed by atoms with Crippen molar-refractivity contribution in [3.8, 4) is 17.0 Å². The largest absolute Gasteiger partial charge is 0.497 e. The van der Waals surface area contributed by atoms with Crippen LogP contribution in [0.1, 0.15) is 0 Å². The van der Waals surface area contributed by atoms with E-state index in [1.54, 1.807) is 7.11 Å². The predicted molar refractivity (Wildman–Crippen MR) is 90.6 cm³/mol. The number of hydrogen-bond donors (Lipinski definition) is 1. The van der Waals surface area contributed by atoms with E-state index < -0.39 is 0 Å². The van der Waals surface area contributed by atoms with Crippen LogP contribution in [0.5, 0.6) is 5.75 Å². The average molecular weight is 309 g/mol. The summed E-state index contributed by atoms with van der Waals surface area (Å²) in [6.07, 6.45) is 1.97. The minimum atomic E-state index is 0.722. The van der Waals surface area contributed by atoms with Gasteiger partial charge >= 0.3 is 0 Å². The van der Waals surface area contributed by atoms with Crippen molar-refractivity contribution in [2.75, 3.05) is 7.11 Å². The van der Waals surface area contributed by atoms with E-state index in [4.69, 9.17) is 21.3 Å². The lowest BCUT2D eigenvalue weighted by Gasteiger charge is -2.04. The Morgan fingerprint density at radius 2 is 1.95 bits per heavy atom. The molecule has 0 saturated carbocycles. The van der Waals surface area contributed by atoms with E-state index in [2.05, 4.69) is 11.1 Å². The van der Waals surface area contributed by atoms with Crippen LogP contribution in [0.3, 0.4) is 0 Å². The average Bonchev–Trinajstić information content (AvgIpc) is 2.96. The maximum atomic E-state index is 6.03. The Hall–Kier alpha value is -2.52. The van der Waals surface area contributed by atoms with Crippen LogP contribution in [0.2, 0.25) is 5.02 Å². The molecule has 2 heterocycles. The summed E-state index contributed by atoms with van der Waals surface area (Å²) in [5.74, 6) is 0.837. The molecule has 0 saturated heterocycles. The van der Waals surface area contributed by atoms with Gasteiger partial charge in [-0.1, -0.05) is 23.7 Å². The number of hydrogen-bond acceptors (Lipinski definition) is 2. The Morgan fingerprint density at radius 1 is 1.05 bits per heavy atom. The zero-order valence-electron chi connectivity index (χ0n) is 11.9. The zero-order valence-corrected chi connectivity index (χ0v) is 12.7. The maximum Gasteiger partial charge on any atom is 0.119 e. The van der Waals surface area contributed by atoms with Gasteiger partial charge in [0.05, 0.1) is 18.3 Å². The first-order valence-electron chi connectivity index (χ1n) is 6.96. The van der Waals surface area contributed by atoms with Gasteiger partial charge in [-0.15, -0.1) is 0 Å². The lowest BCUT2D eigenvalue weighted by atomic mass is 10.1. The summed E-state index contributed by atoms with van der Waals surface area (Å²) in [4.78, 5) is 8.01. The second kappa shape index (κ2) is 5.04. The number of halogens is 1. The van der Waals surface area contributed by atoms with Crippen molar-refractivity contribution >= 4 is 33.4 Å². The molecule has 1 N–H and O–H groups in total.